The Bertz CT molecular complexity index is 913. The van der Waals surface area contributed by atoms with Crippen LogP contribution in [0, 0.1) is 0 Å². The van der Waals surface area contributed by atoms with Crippen molar-refractivity contribution in [2.24, 2.45) is 0 Å². The first-order valence-corrected chi connectivity index (χ1v) is 24.4. The van der Waals surface area contributed by atoms with E-state index in [-0.39, 0.29) is 19.4 Å². The molecule has 346 valence electrons. The number of hydrogen-bond acceptors (Lipinski definition) is 10. The smallest absolute Gasteiger partial charge is 0.249 e. The lowest BCUT2D eigenvalue weighted by molar-refractivity contribution is -0.302. The van der Waals surface area contributed by atoms with Gasteiger partial charge in [0.05, 0.1) is 31.5 Å². The van der Waals surface area contributed by atoms with Gasteiger partial charge in [-0.15, -0.1) is 0 Å². The fourth-order valence-corrected chi connectivity index (χ4v) is 8.08. The number of nitrogens with one attached hydrogen (secondary N) is 1. The van der Waals surface area contributed by atoms with Crippen LogP contribution in [0.5, 0.6) is 0 Å². The van der Waals surface area contributed by atoms with Crippen LogP contribution in [0.3, 0.4) is 0 Å². The first-order chi connectivity index (χ1) is 28.2. The van der Waals surface area contributed by atoms with Gasteiger partial charge in [0.15, 0.2) is 6.29 Å². The molecule has 0 aromatic rings. The van der Waals surface area contributed by atoms with Gasteiger partial charge in [-0.05, 0) is 12.8 Å². The minimum Gasteiger partial charge on any atom is -0.394 e. The van der Waals surface area contributed by atoms with E-state index in [0.29, 0.717) is 12.8 Å². The summed E-state index contributed by atoms with van der Waals surface area (Å²) < 4.78 is 11.1. The Morgan fingerprint density at radius 2 is 0.931 bits per heavy atom. The highest BCUT2D eigenvalue weighted by Crippen LogP contribution is 2.23. The lowest BCUT2D eigenvalue weighted by Gasteiger charge is -2.40. The molecule has 0 unspecified atom stereocenters. The second-order valence-corrected chi connectivity index (χ2v) is 17.6. The first-order valence-electron chi connectivity index (χ1n) is 24.4. The third-order valence-corrected chi connectivity index (χ3v) is 12.1. The molecule has 0 aliphatic carbocycles. The van der Waals surface area contributed by atoms with E-state index in [1.54, 1.807) is 0 Å². The highest BCUT2D eigenvalue weighted by molar-refractivity contribution is 5.80. The van der Waals surface area contributed by atoms with Crippen molar-refractivity contribution in [1.29, 1.82) is 0 Å². The van der Waals surface area contributed by atoms with Crippen LogP contribution in [0.15, 0.2) is 0 Å². The zero-order valence-corrected chi connectivity index (χ0v) is 37.3. The van der Waals surface area contributed by atoms with E-state index in [1.807, 2.05) is 0 Å². The van der Waals surface area contributed by atoms with Gasteiger partial charge in [-0.1, -0.05) is 206 Å². The largest absolute Gasteiger partial charge is 0.394 e. The molecular weight excluding hydrogens is 739 g/mol. The fraction of sp³-hybridized carbons (Fsp3) is 0.979. The number of amides is 1. The van der Waals surface area contributed by atoms with Crippen LogP contribution in [-0.2, 0) is 14.3 Å². The SMILES string of the molecule is CCCCCCCCCCCCCCCCCCCC[C@@H](O)C(=O)N[C@H](CO[C@@H]1O[C@H](CO)[C@@H](O)[C@H](O)[C@H]1O)[C@H](O)C[C@H](O)CCCCCCCCCCCCCC. The van der Waals surface area contributed by atoms with Gasteiger partial charge in [0.25, 0.3) is 0 Å². The molecule has 11 nitrogen and oxygen atoms in total. The lowest BCUT2D eigenvalue weighted by atomic mass is 9.98. The van der Waals surface area contributed by atoms with Gasteiger partial charge < -0.3 is 50.5 Å². The summed E-state index contributed by atoms with van der Waals surface area (Å²) in [4.78, 5) is 13.1. The summed E-state index contributed by atoms with van der Waals surface area (Å²) in [5, 5.41) is 75.6. The number of carbonyl (C=O) groups is 1. The molecule has 8 N–H and O–H groups in total. The minimum absolute atomic E-state index is 0.0314. The van der Waals surface area contributed by atoms with E-state index in [1.165, 1.54) is 148 Å². The Balaban J connectivity index is 2.40. The van der Waals surface area contributed by atoms with E-state index in [4.69, 9.17) is 9.47 Å². The van der Waals surface area contributed by atoms with E-state index in [9.17, 15) is 40.5 Å². The summed E-state index contributed by atoms with van der Waals surface area (Å²) in [6.45, 7) is 3.51. The molecule has 0 radical (unpaired) electrons. The second-order valence-electron chi connectivity index (χ2n) is 17.6. The molecule has 0 spiro atoms. The van der Waals surface area contributed by atoms with E-state index in [0.717, 1.165) is 38.5 Å². The van der Waals surface area contributed by atoms with Crippen molar-refractivity contribution in [2.75, 3.05) is 13.2 Å². The van der Waals surface area contributed by atoms with Gasteiger partial charge in [-0.3, -0.25) is 4.79 Å². The van der Waals surface area contributed by atoms with Crippen molar-refractivity contribution >= 4 is 5.91 Å². The Hall–Kier alpha value is -0.890. The normalized spacial score (nSPS) is 21.8. The number of aliphatic hydroxyl groups excluding tert-OH is 7. The Labute approximate surface area is 354 Å². The van der Waals surface area contributed by atoms with Gasteiger partial charge in [0.2, 0.25) is 5.91 Å². The molecule has 0 aromatic carbocycles. The fourth-order valence-electron chi connectivity index (χ4n) is 8.08. The molecular formula is C47H93NO10. The molecule has 1 rings (SSSR count). The van der Waals surface area contributed by atoms with Crippen LogP contribution in [0.25, 0.3) is 0 Å². The van der Waals surface area contributed by atoms with Crippen LogP contribution in [0.2, 0.25) is 0 Å². The van der Waals surface area contributed by atoms with Crippen LogP contribution < -0.4 is 5.32 Å². The molecule has 1 amide bonds. The maximum absolute atomic E-state index is 13.1. The molecule has 1 aliphatic heterocycles. The Morgan fingerprint density at radius 3 is 1.33 bits per heavy atom. The van der Waals surface area contributed by atoms with E-state index >= 15 is 0 Å². The maximum Gasteiger partial charge on any atom is 0.249 e. The summed E-state index contributed by atoms with van der Waals surface area (Å²) in [6.07, 6.45) is 27.1. The summed E-state index contributed by atoms with van der Waals surface area (Å²) in [7, 11) is 0. The molecule has 0 bridgehead atoms. The number of aliphatic hydroxyl groups is 7. The topological polar surface area (TPSA) is 189 Å². The Morgan fingerprint density at radius 1 is 0.552 bits per heavy atom. The summed E-state index contributed by atoms with van der Waals surface area (Å²) in [5.74, 6) is -0.663. The van der Waals surface area contributed by atoms with Gasteiger partial charge in [0.1, 0.15) is 30.5 Å². The maximum atomic E-state index is 13.1. The van der Waals surface area contributed by atoms with Crippen LogP contribution in [0.4, 0.5) is 0 Å². The monoisotopic (exact) mass is 832 g/mol. The van der Waals surface area contributed by atoms with Gasteiger partial charge >= 0.3 is 0 Å². The molecule has 0 aromatic heterocycles. The third kappa shape index (κ3) is 27.9. The zero-order valence-electron chi connectivity index (χ0n) is 37.3. The molecule has 1 aliphatic rings. The number of carbonyl (C=O) groups excluding carboxylic acids is 1. The van der Waals surface area contributed by atoms with Crippen LogP contribution >= 0.6 is 0 Å². The van der Waals surface area contributed by atoms with Gasteiger partial charge in [0, 0.05) is 6.42 Å². The lowest BCUT2D eigenvalue weighted by Crippen LogP contribution is -2.60. The molecule has 0 saturated carbocycles. The number of hydrogen-bond donors (Lipinski definition) is 8. The quantitative estimate of drug-likeness (QED) is 0.0279. The van der Waals surface area contributed by atoms with Crippen molar-refractivity contribution < 1.29 is 50.0 Å². The predicted octanol–water partition coefficient (Wildman–Crippen LogP) is 8.28. The molecule has 1 saturated heterocycles. The number of rotatable bonds is 41. The minimum atomic E-state index is -1.64. The van der Waals surface area contributed by atoms with Gasteiger partial charge in [-0.25, -0.2) is 0 Å². The summed E-state index contributed by atoms with van der Waals surface area (Å²) in [5.41, 5.74) is 0. The molecule has 1 fully saturated rings. The van der Waals surface area contributed by atoms with Crippen molar-refractivity contribution in [2.45, 2.75) is 281 Å². The van der Waals surface area contributed by atoms with Crippen LogP contribution in [-0.4, -0.2) is 110 Å². The average molecular weight is 832 g/mol. The summed E-state index contributed by atoms with van der Waals surface area (Å²) in [6, 6.07) is -1.06. The van der Waals surface area contributed by atoms with Crippen molar-refractivity contribution in [3.63, 3.8) is 0 Å². The van der Waals surface area contributed by atoms with E-state index in [2.05, 4.69) is 19.2 Å². The third-order valence-electron chi connectivity index (χ3n) is 12.1. The van der Waals surface area contributed by atoms with E-state index < -0.39 is 67.6 Å². The average Bonchev–Trinajstić information content (AvgIpc) is 3.21. The number of unbranched alkanes of at least 4 members (excludes halogenated alkanes) is 28. The molecule has 1 heterocycles. The van der Waals surface area contributed by atoms with Crippen molar-refractivity contribution in [3.05, 3.63) is 0 Å². The van der Waals surface area contributed by atoms with Crippen LogP contribution in [0.1, 0.15) is 226 Å². The first kappa shape index (κ1) is 55.1. The molecule has 11 heteroatoms. The standard InChI is InChI=1S/C47H93NO10/c1-3-5-7-9-11-13-15-17-18-19-20-21-22-24-26-28-30-32-34-40(51)46(56)48-39(37-57-47-45(55)44(54)43(53)42(36-49)58-47)41(52)35-38(50)33-31-29-27-25-23-16-14-12-10-8-6-4-2/h38-45,47,49-55H,3-37H2,1-2H3,(H,48,56)/t38-,39-,40-,41-,42-,43-,44+,45-,47-/m1/s1. The molecule has 58 heavy (non-hydrogen) atoms. The molecule has 9 atom stereocenters. The highest BCUT2D eigenvalue weighted by Gasteiger charge is 2.44. The predicted molar refractivity (Wildman–Crippen MR) is 233 cm³/mol. The zero-order chi connectivity index (χ0) is 42.6. The highest BCUT2D eigenvalue weighted by atomic mass is 16.7. The van der Waals surface area contributed by atoms with Crippen molar-refractivity contribution in [1.82, 2.24) is 5.32 Å². The number of ether oxygens (including phenoxy) is 2. The second kappa shape index (κ2) is 37.8. The Kier molecular flexibility index (Phi) is 36.0. The summed E-state index contributed by atoms with van der Waals surface area (Å²) >= 11 is 0. The van der Waals surface area contributed by atoms with Gasteiger partial charge in [-0.2, -0.15) is 0 Å². The van der Waals surface area contributed by atoms with Crippen molar-refractivity contribution in [3.8, 4) is 0 Å².